The number of benzene rings is 1. The van der Waals surface area contributed by atoms with Crippen LogP contribution < -0.4 is 4.74 Å². The van der Waals surface area contributed by atoms with Gasteiger partial charge in [0, 0.05) is 12.5 Å². The largest absolute Gasteiger partial charge is 0.516 e. The summed E-state index contributed by atoms with van der Waals surface area (Å²) in [5.41, 5.74) is 0.416. The third kappa shape index (κ3) is 5.64. The molecule has 0 aliphatic rings. The van der Waals surface area contributed by atoms with Crippen molar-refractivity contribution >= 4 is 17.9 Å². The monoisotopic (exact) mass is 294 g/mol. The Morgan fingerprint density at radius 2 is 1.71 bits per heavy atom. The molecule has 1 aromatic carbocycles. The summed E-state index contributed by atoms with van der Waals surface area (Å²) in [6.45, 7) is 6.15. The van der Waals surface area contributed by atoms with E-state index < -0.39 is 18.4 Å². The summed E-state index contributed by atoms with van der Waals surface area (Å²) >= 11 is 0. The molecule has 1 atom stereocenters. The average Bonchev–Trinajstić information content (AvgIpc) is 2.38. The van der Waals surface area contributed by atoms with Crippen LogP contribution in [0.15, 0.2) is 24.3 Å². The molecule has 1 aromatic rings. The molecule has 0 N–H and O–H groups in total. The van der Waals surface area contributed by atoms with Crippen molar-refractivity contribution in [3.63, 3.8) is 0 Å². The van der Waals surface area contributed by atoms with Crippen molar-refractivity contribution in [2.75, 3.05) is 0 Å². The van der Waals surface area contributed by atoms with Crippen molar-refractivity contribution in [3.8, 4) is 5.75 Å². The van der Waals surface area contributed by atoms with Gasteiger partial charge in [-0.2, -0.15) is 0 Å². The third-order valence-corrected chi connectivity index (χ3v) is 2.46. The van der Waals surface area contributed by atoms with Gasteiger partial charge in [-0.1, -0.05) is 26.0 Å². The van der Waals surface area contributed by atoms with Gasteiger partial charge in [-0.15, -0.1) is 0 Å². The van der Waals surface area contributed by atoms with E-state index in [9.17, 15) is 14.4 Å². The number of hydrogen-bond acceptors (Lipinski definition) is 6. The molecule has 0 amide bonds. The van der Waals surface area contributed by atoms with Crippen molar-refractivity contribution < 1.29 is 28.6 Å². The highest BCUT2D eigenvalue weighted by molar-refractivity contribution is 5.94. The number of ketones is 1. The summed E-state index contributed by atoms with van der Waals surface area (Å²) in [7, 11) is 0. The van der Waals surface area contributed by atoms with Gasteiger partial charge >= 0.3 is 12.1 Å². The number of carbonyl (C=O) groups is 3. The minimum atomic E-state index is -1.05. The van der Waals surface area contributed by atoms with E-state index in [2.05, 4.69) is 0 Å². The van der Waals surface area contributed by atoms with E-state index >= 15 is 0 Å². The van der Waals surface area contributed by atoms with Crippen LogP contribution in [-0.4, -0.2) is 24.2 Å². The van der Waals surface area contributed by atoms with Crippen molar-refractivity contribution in [3.05, 3.63) is 29.8 Å². The molecule has 1 rings (SSSR count). The van der Waals surface area contributed by atoms with E-state index in [1.165, 1.54) is 26.0 Å². The molecule has 0 fully saturated rings. The zero-order valence-electron chi connectivity index (χ0n) is 12.4. The highest BCUT2D eigenvalue weighted by Crippen LogP contribution is 2.15. The zero-order chi connectivity index (χ0) is 16.0. The predicted molar refractivity (Wildman–Crippen MR) is 73.9 cm³/mol. The number of rotatable bonds is 5. The lowest BCUT2D eigenvalue weighted by atomic mass is 10.1. The van der Waals surface area contributed by atoms with Crippen LogP contribution in [0.1, 0.15) is 38.1 Å². The Balaban J connectivity index is 2.55. The fourth-order valence-electron chi connectivity index (χ4n) is 1.36. The topological polar surface area (TPSA) is 78.9 Å². The molecule has 0 aliphatic heterocycles. The highest BCUT2D eigenvalue weighted by Gasteiger charge is 2.18. The Bertz CT molecular complexity index is 535. The van der Waals surface area contributed by atoms with Gasteiger partial charge in [-0.3, -0.25) is 9.59 Å². The van der Waals surface area contributed by atoms with E-state index in [1.54, 1.807) is 26.0 Å². The molecular formula is C15H18O6. The molecule has 0 aliphatic carbocycles. The Labute approximate surface area is 123 Å². The van der Waals surface area contributed by atoms with Crippen LogP contribution in [0, 0.1) is 5.92 Å². The zero-order valence-corrected chi connectivity index (χ0v) is 12.4. The van der Waals surface area contributed by atoms with Crippen LogP contribution in [0.25, 0.3) is 0 Å². The summed E-state index contributed by atoms with van der Waals surface area (Å²) in [5.74, 6) is -0.767. The minimum Gasteiger partial charge on any atom is -0.425 e. The van der Waals surface area contributed by atoms with Crippen LogP contribution in [0.3, 0.4) is 0 Å². The molecule has 0 radical (unpaired) electrons. The summed E-state index contributed by atoms with van der Waals surface area (Å²) < 4.78 is 14.6. The number of ether oxygens (including phenoxy) is 3. The Morgan fingerprint density at radius 3 is 2.29 bits per heavy atom. The van der Waals surface area contributed by atoms with E-state index in [4.69, 9.17) is 14.2 Å². The van der Waals surface area contributed by atoms with Crippen LogP contribution >= 0.6 is 0 Å². The van der Waals surface area contributed by atoms with Crippen molar-refractivity contribution in [2.24, 2.45) is 5.92 Å². The van der Waals surface area contributed by atoms with Crippen molar-refractivity contribution in [2.45, 2.75) is 34.0 Å². The molecule has 0 spiro atoms. The SMILES string of the molecule is CC(=O)c1cccc(OC(=O)O[C@H](C)OC(=O)C(C)C)c1. The van der Waals surface area contributed by atoms with Crippen LogP contribution in [0.4, 0.5) is 4.79 Å². The van der Waals surface area contributed by atoms with Gasteiger partial charge in [-0.25, -0.2) is 4.79 Å². The Morgan fingerprint density at radius 1 is 1.05 bits per heavy atom. The molecule has 0 heterocycles. The van der Waals surface area contributed by atoms with E-state index in [1.807, 2.05) is 0 Å². The predicted octanol–water partition coefficient (Wildman–Crippen LogP) is 2.95. The summed E-state index contributed by atoms with van der Waals surface area (Å²) in [4.78, 5) is 34.1. The maximum absolute atomic E-state index is 11.5. The Kier molecular flexibility index (Phi) is 5.90. The van der Waals surface area contributed by atoms with E-state index in [-0.39, 0.29) is 17.5 Å². The maximum atomic E-state index is 11.5. The fourth-order valence-corrected chi connectivity index (χ4v) is 1.36. The van der Waals surface area contributed by atoms with Gasteiger partial charge in [0.1, 0.15) is 5.75 Å². The van der Waals surface area contributed by atoms with E-state index in [0.29, 0.717) is 5.56 Å². The number of hydrogen-bond donors (Lipinski definition) is 0. The van der Waals surface area contributed by atoms with Gasteiger partial charge in [0.2, 0.25) is 6.29 Å². The second kappa shape index (κ2) is 7.42. The molecule has 21 heavy (non-hydrogen) atoms. The average molecular weight is 294 g/mol. The van der Waals surface area contributed by atoms with Gasteiger partial charge in [0.05, 0.1) is 5.92 Å². The summed E-state index contributed by atoms with van der Waals surface area (Å²) in [6, 6.07) is 6.13. The molecule has 0 bridgehead atoms. The smallest absolute Gasteiger partial charge is 0.425 e. The van der Waals surface area contributed by atoms with Gasteiger partial charge in [-0.05, 0) is 19.1 Å². The molecule has 0 aromatic heterocycles. The maximum Gasteiger partial charge on any atom is 0.516 e. The summed E-state index contributed by atoms with van der Waals surface area (Å²) in [5, 5.41) is 0. The second-order valence-electron chi connectivity index (χ2n) is 4.71. The van der Waals surface area contributed by atoms with Crippen molar-refractivity contribution in [1.82, 2.24) is 0 Å². The second-order valence-corrected chi connectivity index (χ2v) is 4.71. The lowest BCUT2D eigenvalue weighted by molar-refractivity contribution is -0.170. The lowest BCUT2D eigenvalue weighted by Gasteiger charge is -2.15. The van der Waals surface area contributed by atoms with Gasteiger partial charge in [0.15, 0.2) is 5.78 Å². The first-order chi connectivity index (χ1) is 9.79. The van der Waals surface area contributed by atoms with Gasteiger partial charge < -0.3 is 14.2 Å². The first-order valence-electron chi connectivity index (χ1n) is 6.49. The van der Waals surface area contributed by atoms with Gasteiger partial charge in [0.25, 0.3) is 0 Å². The first kappa shape index (κ1) is 16.7. The molecule has 0 unspecified atom stereocenters. The molecule has 6 heteroatoms. The highest BCUT2D eigenvalue weighted by atomic mass is 16.8. The third-order valence-electron chi connectivity index (χ3n) is 2.46. The van der Waals surface area contributed by atoms with E-state index in [0.717, 1.165) is 0 Å². The Hall–Kier alpha value is -2.37. The van der Waals surface area contributed by atoms with Crippen molar-refractivity contribution in [1.29, 1.82) is 0 Å². The molecule has 0 saturated heterocycles. The first-order valence-corrected chi connectivity index (χ1v) is 6.49. The number of carbonyl (C=O) groups excluding carboxylic acids is 3. The molecule has 6 nitrogen and oxygen atoms in total. The quantitative estimate of drug-likeness (QED) is 0.359. The fraction of sp³-hybridized carbons (Fsp3) is 0.400. The minimum absolute atomic E-state index is 0.145. The van der Waals surface area contributed by atoms with Crippen LogP contribution in [0.5, 0.6) is 5.75 Å². The standard InChI is InChI=1S/C15H18O6/c1-9(2)14(17)19-11(4)20-15(18)21-13-7-5-6-12(8-13)10(3)16/h5-9,11H,1-4H3/t11-/m1/s1. The normalized spacial score (nSPS) is 11.7. The number of Topliss-reactive ketones (excluding diaryl/α,β-unsaturated/α-hetero) is 1. The lowest BCUT2D eigenvalue weighted by Crippen LogP contribution is -2.25. The van der Waals surface area contributed by atoms with Crippen LogP contribution in [-0.2, 0) is 14.3 Å². The molecule has 114 valence electrons. The number of esters is 1. The molecular weight excluding hydrogens is 276 g/mol. The summed E-state index contributed by atoms with van der Waals surface area (Å²) in [6.07, 6.45) is -2.07. The van der Waals surface area contributed by atoms with Crippen LogP contribution in [0.2, 0.25) is 0 Å². The molecule has 0 saturated carbocycles.